The van der Waals surface area contributed by atoms with Crippen LogP contribution in [0.5, 0.6) is 0 Å². The first-order valence-corrected chi connectivity index (χ1v) is 16.7. The Morgan fingerprint density at radius 1 is 0.938 bits per heavy atom. The third-order valence-electron chi connectivity index (χ3n) is 8.43. The van der Waals surface area contributed by atoms with Crippen LogP contribution in [0.25, 0.3) is 11.5 Å². The van der Waals surface area contributed by atoms with E-state index in [-0.39, 0.29) is 53.7 Å². The number of likely N-dealkylation sites (tertiary alicyclic amines) is 1. The molecule has 3 aromatic rings. The van der Waals surface area contributed by atoms with E-state index in [9.17, 15) is 24.3 Å². The molecule has 13 nitrogen and oxygen atoms in total. The first kappa shape index (κ1) is 36.2. The van der Waals surface area contributed by atoms with Crippen LogP contribution in [0, 0.1) is 11.8 Å². The first-order chi connectivity index (χ1) is 23.1. The molecule has 1 unspecified atom stereocenters. The van der Waals surface area contributed by atoms with Gasteiger partial charge in [-0.05, 0) is 61.8 Å². The largest absolute Gasteiger partial charge is 0.418 e. The Morgan fingerprint density at radius 2 is 1.69 bits per heavy atom. The number of pyridine rings is 1. The number of aromatic nitrogens is 3. The van der Waals surface area contributed by atoms with E-state index in [1.807, 2.05) is 58.0 Å². The van der Waals surface area contributed by atoms with Gasteiger partial charge in [-0.25, -0.2) is 0 Å². The molecule has 0 saturated carbocycles. The molecule has 2 aromatic heterocycles. The van der Waals surface area contributed by atoms with Crippen molar-refractivity contribution in [3.05, 3.63) is 66.3 Å². The molecule has 13 heteroatoms. The summed E-state index contributed by atoms with van der Waals surface area (Å²) in [4.78, 5) is 57.9. The zero-order valence-corrected chi connectivity index (χ0v) is 28.1. The molecule has 4 rings (SSSR count). The second-order valence-corrected chi connectivity index (χ2v) is 12.8. The Morgan fingerprint density at radius 3 is 2.38 bits per heavy atom. The Labute approximate surface area is 281 Å². The number of carbonyl (C=O) groups is 4. The Bertz CT molecular complexity index is 1500. The third-order valence-corrected chi connectivity index (χ3v) is 8.43. The molecule has 1 fully saturated rings. The van der Waals surface area contributed by atoms with Gasteiger partial charge in [-0.3, -0.25) is 24.2 Å². The average Bonchev–Trinajstić information content (AvgIpc) is 3.79. The predicted octanol–water partition coefficient (Wildman–Crippen LogP) is 3.43. The van der Waals surface area contributed by atoms with Crippen molar-refractivity contribution in [1.82, 2.24) is 36.0 Å². The van der Waals surface area contributed by atoms with Crippen molar-refractivity contribution < 1.29 is 28.7 Å². The van der Waals surface area contributed by atoms with Crippen molar-refractivity contribution in [2.45, 2.75) is 90.4 Å². The zero-order chi connectivity index (χ0) is 34.6. The second kappa shape index (κ2) is 17.5. The zero-order valence-electron chi connectivity index (χ0n) is 28.1. The van der Waals surface area contributed by atoms with Crippen LogP contribution in [0.2, 0.25) is 0 Å². The number of unbranched alkanes of at least 4 members (excludes halogenated alkanes) is 2. The number of nitrogens with one attached hydrogen (secondary N) is 3. The number of rotatable bonds is 16. The Balaban J connectivity index is 1.28. The van der Waals surface area contributed by atoms with Gasteiger partial charge in [0.15, 0.2) is 6.10 Å². The Kier molecular flexibility index (Phi) is 13.2. The molecule has 1 saturated heterocycles. The molecule has 4 N–H and O–H groups in total. The second-order valence-electron chi connectivity index (χ2n) is 12.8. The summed E-state index contributed by atoms with van der Waals surface area (Å²) < 4.78 is 5.75. The van der Waals surface area contributed by atoms with Crippen molar-refractivity contribution in [1.29, 1.82) is 0 Å². The number of aliphatic hydroxyl groups excluding tert-OH is 1. The lowest BCUT2D eigenvalue weighted by molar-refractivity contribution is -0.143. The summed E-state index contributed by atoms with van der Waals surface area (Å²) >= 11 is 0. The maximum Gasteiger partial charge on any atom is 0.269 e. The van der Waals surface area contributed by atoms with E-state index in [4.69, 9.17) is 4.42 Å². The summed E-state index contributed by atoms with van der Waals surface area (Å²) in [5.74, 6) is -1.31. The van der Waals surface area contributed by atoms with Crippen LogP contribution in [-0.4, -0.2) is 80.0 Å². The minimum absolute atomic E-state index is 0.0102. The average molecular weight is 662 g/mol. The van der Waals surface area contributed by atoms with E-state index >= 15 is 0 Å². The first-order valence-electron chi connectivity index (χ1n) is 16.7. The van der Waals surface area contributed by atoms with E-state index in [1.54, 1.807) is 24.4 Å². The molecular formula is C35H47N7O6. The van der Waals surface area contributed by atoms with Gasteiger partial charge in [0, 0.05) is 31.3 Å². The summed E-state index contributed by atoms with van der Waals surface area (Å²) in [6.07, 6.45) is 3.68. The SMILES string of the molecule is CC(C)C(NC(=O)CCCCCNC(=O)c1ccccn1)C(=O)N1CCC[C@@H]1C(=O)N[C@@H](C(C)C)[C@H](O)c1nnc(-c2ccccc2)o1. The van der Waals surface area contributed by atoms with Gasteiger partial charge in [0.1, 0.15) is 17.8 Å². The maximum absolute atomic E-state index is 13.7. The number of amides is 4. The van der Waals surface area contributed by atoms with Crippen LogP contribution in [0.4, 0.5) is 0 Å². The summed E-state index contributed by atoms with van der Waals surface area (Å²) in [5.41, 5.74) is 1.07. The highest BCUT2D eigenvalue weighted by Crippen LogP contribution is 2.26. The molecule has 0 radical (unpaired) electrons. The van der Waals surface area contributed by atoms with Crippen molar-refractivity contribution in [2.24, 2.45) is 11.8 Å². The fourth-order valence-corrected chi connectivity index (χ4v) is 5.69. The highest BCUT2D eigenvalue weighted by Gasteiger charge is 2.40. The van der Waals surface area contributed by atoms with Gasteiger partial charge in [0.25, 0.3) is 5.91 Å². The number of benzene rings is 1. The maximum atomic E-state index is 13.7. The van der Waals surface area contributed by atoms with Gasteiger partial charge in [-0.1, -0.05) is 58.4 Å². The van der Waals surface area contributed by atoms with Crippen molar-refractivity contribution in [2.75, 3.05) is 13.1 Å². The van der Waals surface area contributed by atoms with Crippen LogP contribution in [0.1, 0.15) is 88.7 Å². The van der Waals surface area contributed by atoms with E-state index in [0.29, 0.717) is 50.0 Å². The van der Waals surface area contributed by atoms with Crippen LogP contribution in [0.3, 0.4) is 0 Å². The molecule has 1 aliphatic rings. The van der Waals surface area contributed by atoms with Gasteiger partial charge in [0.05, 0.1) is 6.04 Å². The van der Waals surface area contributed by atoms with E-state index in [0.717, 1.165) is 6.42 Å². The minimum Gasteiger partial charge on any atom is -0.418 e. The Hall–Kier alpha value is -4.65. The lowest BCUT2D eigenvalue weighted by Gasteiger charge is -2.32. The van der Waals surface area contributed by atoms with Crippen LogP contribution in [-0.2, 0) is 14.4 Å². The van der Waals surface area contributed by atoms with Crippen molar-refractivity contribution >= 4 is 23.6 Å². The van der Waals surface area contributed by atoms with Gasteiger partial charge in [-0.15, -0.1) is 10.2 Å². The molecule has 1 aromatic carbocycles. The molecule has 1 aliphatic heterocycles. The van der Waals surface area contributed by atoms with Crippen molar-refractivity contribution in [3.8, 4) is 11.5 Å². The number of hydrogen-bond acceptors (Lipinski definition) is 9. The summed E-state index contributed by atoms with van der Waals surface area (Å²) in [6, 6.07) is 12.1. The number of carbonyl (C=O) groups excluding carboxylic acids is 4. The van der Waals surface area contributed by atoms with Gasteiger partial charge in [0.2, 0.25) is 29.5 Å². The minimum atomic E-state index is -1.26. The normalized spacial score (nSPS) is 16.4. The van der Waals surface area contributed by atoms with Gasteiger partial charge >= 0.3 is 0 Å². The smallest absolute Gasteiger partial charge is 0.269 e. The quantitative estimate of drug-likeness (QED) is 0.167. The lowest BCUT2D eigenvalue weighted by Crippen LogP contribution is -2.56. The third kappa shape index (κ3) is 9.69. The lowest BCUT2D eigenvalue weighted by atomic mass is 9.97. The van der Waals surface area contributed by atoms with Crippen molar-refractivity contribution in [3.63, 3.8) is 0 Å². The predicted molar refractivity (Wildman–Crippen MR) is 178 cm³/mol. The highest BCUT2D eigenvalue weighted by molar-refractivity contribution is 5.93. The molecule has 258 valence electrons. The monoisotopic (exact) mass is 661 g/mol. The topological polar surface area (TPSA) is 180 Å². The fourth-order valence-electron chi connectivity index (χ4n) is 5.69. The number of aliphatic hydroxyl groups is 1. The van der Waals surface area contributed by atoms with E-state index < -0.39 is 24.2 Å². The molecule has 0 spiro atoms. The number of hydrogen-bond donors (Lipinski definition) is 4. The van der Waals surface area contributed by atoms with Crippen LogP contribution >= 0.6 is 0 Å². The molecular weight excluding hydrogens is 614 g/mol. The highest BCUT2D eigenvalue weighted by atomic mass is 16.4. The molecule has 0 aliphatic carbocycles. The van der Waals surface area contributed by atoms with Crippen LogP contribution in [0.15, 0.2) is 59.1 Å². The molecule has 48 heavy (non-hydrogen) atoms. The molecule has 4 amide bonds. The van der Waals surface area contributed by atoms with Gasteiger partial charge in [-0.2, -0.15) is 0 Å². The molecule has 3 heterocycles. The summed E-state index contributed by atoms with van der Waals surface area (Å²) in [5, 5.41) is 27.9. The standard InChI is InChI=1S/C35H47N7O6/c1-22(2)28(30(44)34-41-40-33(48-34)24-14-7-5-8-15-24)39-32(46)26-17-13-21-42(26)35(47)29(23(3)4)38-27(43)18-9-6-11-20-37-31(45)25-16-10-12-19-36-25/h5,7-8,10,12,14-16,19,22-23,26,28-30,44H,6,9,11,13,17-18,20-21H2,1-4H3,(H,37,45)(H,38,43)(H,39,46)/t26-,28+,29?,30+/m1/s1. The summed E-state index contributed by atoms with van der Waals surface area (Å²) in [6.45, 7) is 8.31. The van der Waals surface area contributed by atoms with E-state index in [2.05, 4.69) is 31.1 Å². The van der Waals surface area contributed by atoms with E-state index in [1.165, 1.54) is 4.90 Å². The molecule has 0 bridgehead atoms. The van der Waals surface area contributed by atoms with Crippen LogP contribution < -0.4 is 16.0 Å². The summed E-state index contributed by atoms with van der Waals surface area (Å²) in [7, 11) is 0. The molecule has 4 atom stereocenters. The van der Waals surface area contributed by atoms with Gasteiger partial charge < -0.3 is 30.4 Å². The fraction of sp³-hybridized carbons (Fsp3) is 0.514. The number of nitrogens with zero attached hydrogens (tertiary/aromatic N) is 4.